The predicted molar refractivity (Wildman–Crippen MR) is 218 cm³/mol. The number of thiocarbonyl (C=S) groups is 2. The van der Waals surface area contributed by atoms with Gasteiger partial charge in [0.25, 0.3) is 11.1 Å². The number of rotatable bonds is 7. The van der Waals surface area contributed by atoms with Crippen molar-refractivity contribution in [3.05, 3.63) is 143 Å². The monoisotopic (exact) mass is 844 g/mol. The SMILES string of the molecule is C.NC[C@H]1CN(c2ccc(-n3cncn3)c(F)c2)C(=O)O1.O=C1O[C@@H](CN=C=S)CN1c1ccc(-n2cncn2)c(F)c1.O=c1ccccn1C(=S)n1ccccc1=O. The predicted octanol–water partition coefficient (Wildman–Crippen LogP) is 3.85. The summed E-state index contributed by atoms with van der Waals surface area (Å²) in [7, 11) is 0. The lowest BCUT2D eigenvalue weighted by Gasteiger charge is -2.14. The number of aliphatic imine (C=N–C) groups is 1. The number of halogens is 2. The zero-order chi connectivity index (χ0) is 41.2. The van der Waals surface area contributed by atoms with E-state index >= 15 is 0 Å². The van der Waals surface area contributed by atoms with Gasteiger partial charge in [-0.15, -0.1) is 0 Å². The number of ether oxygens (including phenoxy) is 2. The van der Waals surface area contributed by atoms with Crippen LogP contribution in [0.1, 0.15) is 7.43 Å². The number of carbonyl (C=O) groups excluding carboxylic acids is 2. The Labute approximate surface area is 344 Å². The van der Waals surface area contributed by atoms with E-state index < -0.39 is 29.9 Å². The number of hydrogen-bond donors (Lipinski definition) is 1. The van der Waals surface area contributed by atoms with Gasteiger partial charge in [0, 0.05) is 31.1 Å². The van der Waals surface area contributed by atoms with Crippen LogP contribution in [0.25, 0.3) is 11.4 Å². The molecule has 0 aliphatic carbocycles. The molecule has 0 spiro atoms. The standard InChI is InChI=1S/C13H10FN5O2S.C12H12FN5O2.C11H8N2O2S.CH4/c14-11-3-9(1-2-12(11)19-7-16-6-17-19)18-5-10(4-15-8-22)21-13(18)20;13-10-3-8(17-5-9(4-14)20-12(17)19)1-2-11(10)18-7-15-6-16-18;14-9-5-1-3-7-12(9)11(16)13-8-4-2-6-10(13)15;/h1-3,6-7,10H,4-5H2;1-3,6-7,9H,4-5,14H2;1-8H;1H4/t10-;9-;;/m00../s1. The van der Waals surface area contributed by atoms with Crippen molar-refractivity contribution in [1.82, 2.24) is 38.7 Å². The Morgan fingerprint density at radius 2 is 1.24 bits per heavy atom. The number of benzene rings is 2. The van der Waals surface area contributed by atoms with Crippen LogP contribution in [0, 0.1) is 11.6 Å². The summed E-state index contributed by atoms with van der Waals surface area (Å²) in [6.45, 7) is 1.08. The summed E-state index contributed by atoms with van der Waals surface area (Å²) in [6, 6.07) is 18.2. The van der Waals surface area contributed by atoms with Gasteiger partial charge in [-0.25, -0.2) is 42.7 Å². The molecule has 2 aromatic carbocycles. The lowest BCUT2D eigenvalue weighted by molar-refractivity contribution is 0.144. The minimum absolute atomic E-state index is 0. The van der Waals surface area contributed by atoms with Crippen molar-refractivity contribution in [2.24, 2.45) is 10.7 Å². The van der Waals surface area contributed by atoms with E-state index in [0.29, 0.717) is 17.9 Å². The number of anilines is 2. The van der Waals surface area contributed by atoms with E-state index in [1.165, 1.54) is 102 Å². The Bertz CT molecular complexity index is 2530. The number of amides is 2. The minimum atomic E-state index is -0.544. The average Bonchev–Trinajstić information content (AvgIpc) is 4.07. The molecule has 6 heterocycles. The number of carbonyl (C=O) groups is 2. The normalized spacial score (nSPS) is 15.4. The first-order valence-corrected chi connectivity index (χ1v) is 17.8. The fourth-order valence-corrected chi connectivity index (χ4v) is 5.85. The van der Waals surface area contributed by atoms with Gasteiger partial charge in [-0.3, -0.25) is 28.5 Å². The molecule has 0 radical (unpaired) electrons. The van der Waals surface area contributed by atoms with Crippen LogP contribution in [-0.4, -0.2) is 99.5 Å². The molecule has 2 N–H and O–H groups in total. The summed E-state index contributed by atoms with van der Waals surface area (Å²) in [4.78, 5) is 60.5. The molecule has 2 aliphatic rings. The van der Waals surface area contributed by atoms with Crippen molar-refractivity contribution in [3.8, 4) is 11.4 Å². The van der Waals surface area contributed by atoms with Crippen LogP contribution in [0.4, 0.5) is 29.7 Å². The lowest BCUT2D eigenvalue weighted by Crippen LogP contribution is -2.35. The second-order valence-electron chi connectivity index (χ2n) is 12.0. The Kier molecular flexibility index (Phi) is 14.5. The number of cyclic esters (lactones) is 2. The van der Waals surface area contributed by atoms with E-state index in [4.69, 9.17) is 27.4 Å². The molecule has 59 heavy (non-hydrogen) atoms. The minimum Gasteiger partial charge on any atom is -0.443 e. The maximum Gasteiger partial charge on any atom is 0.414 e. The van der Waals surface area contributed by atoms with E-state index in [0.717, 1.165) is 0 Å². The number of nitrogens with two attached hydrogens (primary N) is 1. The van der Waals surface area contributed by atoms with E-state index in [1.807, 2.05) is 0 Å². The Morgan fingerprint density at radius 3 is 1.63 bits per heavy atom. The van der Waals surface area contributed by atoms with Crippen LogP contribution in [-0.2, 0) is 9.47 Å². The summed E-state index contributed by atoms with van der Waals surface area (Å²) in [5.74, 6) is -1.02. The Balaban J connectivity index is 0.000000169. The highest BCUT2D eigenvalue weighted by atomic mass is 32.1. The largest absolute Gasteiger partial charge is 0.443 e. The third kappa shape index (κ3) is 10.3. The van der Waals surface area contributed by atoms with Gasteiger partial charge in [0.1, 0.15) is 48.9 Å². The molecule has 2 atom stereocenters. The van der Waals surface area contributed by atoms with E-state index in [2.05, 4.69) is 42.5 Å². The van der Waals surface area contributed by atoms with E-state index in [-0.39, 0.29) is 60.8 Å². The quantitative estimate of drug-likeness (QED) is 0.180. The molecule has 22 heteroatoms. The molecular weight excluding hydrogens is 811 g/mol. The lowest BCUT2D eigenvalue weighted by atomic mass is 10.2. The van der Waals surface area contributed by atoms with Gasteiger partial charge in [-0.2, -0.15) is 10.2 Å². The van der Waals surface area contributed by atoms with Crippen molar-refractivity contribution < 1.29 is 27.8 Å². The van der Waals surface area contributed by atoms with Gasteiger partial charge >= 0.3 is 12.2 Å². The molecular formula is C37H34F2N12O6S2. The summed E-state index contributed by atoms with van der Waals surface area (Å²) in [5, 5.41) is 10.1. The maximum atomic E-state index is 14.2. The van der Waals surface area contributed by atoms with Crippen LogP contribution in [0.5, 0.6) is 0 Å². The summed E-state index contributed by atoms with van der Waals surface area (Å²) >= 11 is 9.56. The highest BCUT2D eigenvalue weighted by Gasteiger charge is 2.33. The van der Waals surface area contributed by atoms with Crippen LogP contribution in [0.3, 0.4) is 0 Å². The molecule has 0 unspecified atom stereocenters. The Hall–Kier alpha value is -7.13. The molecule has 6 aromatic rings. The maximum absolute atomic E-state index is 14.2. The Morgan fingerprint density at radius 1 is 0.763 bits per heavy atom. The van der Waals surface area contributed by atoms with Gasteiger partial charge < -0.3 is 15.2 Å². The number of nitrogens with zero attached hydrogens (tertiary/aromatic N) is 11. The first-order chi connectivity index (χ1) is 28.1. The molecule has 0 saturated carbocycles. The first kappa shape index (κ1) is 43.0. The number of hydrogen-bond acceptors (Lipinski definition) is 14. The van der Waals surface area contributed by atoms with Crippen molar-refractivity contribution in [2.75, 3.05) is 36.0 Å². The van der Waals surface area contributed by atoms with Crippen LogP contribution >= 0.6 is 24.4 Å². The second kappa shape index (κ2) is 19.8. The van der Waals surface area contributed by atoms with E-state index in [1.54, 1.807) is 36.4 Å². The van der Waals surface area contributed by atoms with Crippen molar-refractivity contribution >= 4 is 58.3 Å². The summed E-state index contributed by atoms with van der Waals surface area (Å²) in [6.07, 6.45) is 6.64. The summed E-state index contributed by atoms with van der Waals surface area (Å²) < 4.78 is 43.5. The molecule has 4 aromatic heterocycles. The molecule has 2 saturated heterocycles. The summed E-state index contributed by atoms with van der Waals surface area (Å²) in [5.41, 5.74) is 6.27. The molecule has 304 valence electrons. The van der Waals surface area contributed by atoms with Gasteiger partial charge in [0.05, 0.1) is 36.2 Å². The van der Waals surface area contributed by atoms with Crippen LogP contribution < -0.4 is 26.7 Å². The molecule has 2 amide bonds. The molecule has 2 aliphatic heterocycles. The number of aromatic nitrogens is 8. The smallest absolute Gasteiger partial charge is 0.414 e. The van der Waals surface area contributed by atoms with Crippen molar-refractivity contribution in [1.29, 1.82) is 0 Å². The molecule has 2 fully saturated rings. The van der Waals surface area contributed by atoms with Crippen molar-refractivity contribution in [3.63, 3.8) is 0 Å². The molecule has 0 bridgehead atoms. The van der Waals surface area contributed by atoms with Crippen LogP contribution in [0.15, 0.2) is 125 Å². The average molecular weight is 845 g/mol. The zero-order valence-corrected chi connectivity index (χ0v) is 31.5. The van der Waals surface area contributed by atoms with E-state index in [9.17, 15) is 28.0 Å². The third-order valence-corrected chi connectivity index (χ3v) is 8.77. The van der Waals surface area contributed by atoms with Crippen molar-refractivity contribution in [2.45, 2.75) is 19.6 Å². The highest BCUT2D eigenvalue weighted by Crippen LogP contribution is 2.26. The zero-order valence-electron chi connectivity index (χ0n) is 29.9. The second-order valence-corrected chi connectivity index (χ2v) is 12.5. The number of isothiocyanates is 1. The topological polar surface area (TPSA) is 203 Å². The highest BCUT2D eigenvalue weighted by molar-refractivity contribution is 7.80. The molecule has 18 nitrogen and oxygen atoms in total. The fourth-order valence-electron chi connectivity index (χ4n) is 5.47. The van der Waals surface area contributed by atoms with Gasteiger partial charge in [0.2, 0.25) is 0 Å². The molecule has 8 rings (SSSR count). The first-order valence-electron chi connectivity index (χ1n) is 17.0. The fraction of sp³-hybridized carbons (Fsp3) is 0.189. The third-order valence-electron chi connectivity index (χ3n) is 8.24. The van der Waals surface area contributed by atoms with Gasteiger partial charge in [-0.05, 0) is 73.0 Å². The number of pyridine rings is 2. The van der Waals surface area contributed by atoms with Gasteiger partial charge in [0.15, 0.2) is 16.7 Å². The van der Waals surface area contributed by atoms with Crippen LogP contribution in [0.2, 0.25) is 0 Å². The van der Waals surface area contributed by atoms with Gasteiger partial charge in [-0.1, -0.05) is 19.6 Å².